The fraction of sp³-hybridized carbons (Fsp3) is 0.367. The van der Waals surface area contributed by atoms with Gasteiger partial charge in [-0.1, -0.05) is 60.7 Å². The van der Waals surface area contributed by atoms with Gasteiger partial charge in [-0.25, -0.2) is 9.59 Å². The average molecular weight is 641 g/mol. The molecular weight excluding hydrogens is 600 g/mol. The molecule has 0 aliphatic heterocycles. The van der Waals surface area contributed by atoms with Crippen LogP contribution in [0.25, 0.3) is 0 Å². The second-order valence-electron chi connectivity index (χ2n) is 10.1. The summed E-state index contributed by atoms with van der Waals surface area (Å²) in [4.78, 5) is 77.9. The van der Waals surface area contributed by atoms with Crippen molar-refractivity contribution in [3.63, 3.8) is 0 Å². The summed E-state index contributed by atoms with van der Waals surface area (Å²) in [5.74, 6) is -4.26. The average Bonchev–Trinajstić information content (AvgIpc) is 3.03. The summed E-state index contributed by atoms with van der Waals surface area (Å²) in [5, 5.41) is 21.4. The molecule has 0 aliphatic rings. The highest BCUT2D eigenvalue weighted by molar-refractivity contribution is 5.93. The molecule has 3 unspecified atom stereocenters. The minimum Gasteiger partial charge on any atom is -0.480 e. The van der Waals surface area contributed by atoms with E-state index in [1.807, 2.05) is 6.07 Å². The molecule has 0 spiro atoms. The van der Waals surface area contributed by atoms with E-state index in [4.69, 9.17) is 16.2 Å². The lowest BCUT2D eigenvalue weighted by molar-refractivity contribution is -0.142. The zero-order chi connectivity index (χ0) is 33.9. The number of benzene rings is 2. The Morgan fingerprint density at radius 1 is 0.783 bits per heavy atom. The predicted octanol–water partition coefficient (Wildman–Crippen LogP) is -1.12. The lowest BCUT2D eigenvalue weighted by atomic mass is 10.1. The zero-order valence-electron chi connectivity index (χ0n) is 25.4. The van der Waals surface area contributed by atoms with Crippen molar-refractivity contribution in [3.8, 4) is 0 Å². The molecule has 2 rings (SSSR count). The summed E-state index contributed by atoms with van der Waals surface area (Å²) in [6, 6.07) is 14.3. The molecule has 0 saturated heterocycles. The number of nitrogens with one attached hydrogen (secondary N) is 5. The van der Waals surface area contributed by atoms with E-state index in [2.05, 4.69) is 31.6 Å². The topological polar surface area (TPSA) is 256 Å². The molecule has 0 heterocycles. The number of ether oxygens (including phenoxy) is 1. The third kappa shape index (κ3) is 14.7. The lowest BCUT2D eigenvalue weighted by Gasteiger charge is -2.20. The lowest BCUT2D eigenvalue weighted by Crippen LogP contribution is -2.53. The minimum absolute atomic E-state index is 0.0107. The van der Waals surface area contributed by atoms with Gasteiger partial charge in [0.25, 0.3) is 0 Å². The van der Waals surface area contributed by atoms with Crippen LogP contribution < -0.4 is 38.1 Å². The summed E-state index contributed by atoms with van der Waals surface area (Å²) in [6.07, 6.45) is -0.425. The smallest absolute Gasteiger partial charge is 0.408 e. The van der Waals surface area contributed by atoms with Crippen LogP contribution in [0.3, 0.4) is 0 Å². The number of carbonyl (C=O) groups is 6. The Bertz CT molecular complexity index is 1350. The van der Waals surface area contributed by atoms with Crippen LogP contribution in [0.4, 0.5) is 4.79 Å². The molecule has 2 aromatic rings. The molecule has 0 aliphatic carbocycles. The van der Waals surface area contributed by atoms with Gasteiger partial charge in [0.05, 0.1) is 13.1 Å². The Hall–Kier alpha value is -5.67. The van der Waals surface area contributed by atoms with Crippen molar-refractivity contribution in [3.05, 3.63) is 71.8 Å². The Balaban J connectivity index is 1.88. The molecule has 0 fully saturated rings. The predicted molar refractivity (Wildman–Crippen MR) is 167 cm³/mol. The Morgan fingerprint density at radius 3 is 1.89 bits per heavy atom. The van der Waals surface area contributed by atoms with E-state index in [0.717, 1.165) is 5.56 Å². The number of nitrogens with two attached hydrogens (primary N) is 2. The Morgan fingerprint density at radius 2 is 1.33 bits per heavy atom. The van der Waals surface area contributed by atoms with Gasteiger partial charge in [0, 0.05) is 13.0 Å². The van der Waals surface area contributed by atoms with Crippen LogP contribution in [0.5, 0.6) is 0 Å². The first-order valence-corrected chi connectivity index (χ1v) is 14.4. The molecule has 0 aromatic heterocycles. The summed E-state index contributed by atoms with van der Waals surface area (Å²) in [5.41, 5.74) is 12.0. The molecule has 0 radical (unpaired) electrons. The van der Waals surface area contributed by atoms with Gasteiger partial charge in [-0.15, -0.1) is 0 Å². The number of amides is 5. The number of aliphatic carboxylic acids is 1. The van der Waals surface area contributed by atoms with Crippen molar-refractivity contribution in [1.29, 1.82) is 0 Å². The molecule has 248 valence electrons. The van der Waals surface area contributed by atoms with Crippen molar-refractivity contribution >= 4 is 41.7 Å². The SMILES string of the molecule is CC(NC(=O)OCc1ccccc1)C(=O)NCC(=O)NC(Cc1ccccc1)C(=O)NCC(=O)NC(CCCN=C(N)N)C(=O)O. The maximum atomic E-state index is 13.0. The molecule has 5 amide bonds. The number of hydrogen-bond donors (Lipinski definition) is 8. The molecule has 10 N–H and O–H groups in total. The maximum Gasteiger partial charge on any atom is 0.408 e. The molecular formula is C30H40N8O8. The number of nitrogens with zero attached hydrogens (tertiary/aromatic N) is 1. The van der Waals surface area contributed by atoms with Gasteiger partial charge in [0.1, 0.15) is 24.7 Å². The monoisotopic (exact) mass is 640 g/mol. The Labute approximate surface area is 265 Å². The summed E-state index contributed by atoms with van der Waals surface area (Å²) < 4.78 is 5.09. The van der Waals surface area contributed by atoms with E-state index in [0.29, 0.717) is 5.56 Å². The second-order valence-corrected chi connectivity index (χ2v) is 10.1. The van der Waals surface area contributed by atoms with Crippen LogP contribution in [0.2, 0.25) is 0 Å². The second kappa shape index (κ2) is 19.6. The van der Waals surface area contributed by atoms with Crippen molar-refractivity contribution < 1.29 is 38.6 Å². The Kier molecular flexibility index (Phi) is 15.5. The molecule has 0 saturated carbocycles. The highest BCUT2D eigenvalue weighted by atomic mass is 16.5. The van der Waals surface area contributed by atoms with Crippen molar-refractivity contribution in [2.24, 2.45) is 16.5 Å². The number of carbonyl (C=O) groups excluding carboxylic acids is 5. The van der Waals surface area contributed by atoms with Gasteiger partial charge >= 0.3 is 12.1 Å². The maximum absolute atomic E-state index is 13.0. The van der Waals surface area contributed by atoms with Crippen molar-refractivity contribution in [2.45, 2.75) is 50.9 Å². The number of guanidine groups is 1. The largest absolute Gasteiger partial charge is 0.480 e. The first-order valence-electron chi connectivity index (χ1n) is 14.4. The van der Waals surface area contributed by atoms with E-state index in [9.17, 15) is 33.9 Å². The summed E-state index contributed by atoms with van der Waals surface area (Å²) >= 11 is 0. The van der Waals surface area contributed by atoms with Gasteiger partial charge in [0.2, 0.25) is 23.6 Å². The van der Waals surface area contributed by atoms with E-state index >= 15 is 0 Å². The van der Waals surface area contributed by atoms with E-state index in [-0.39, 0.29) is 38.4 Å². The van der Waals surface area contributed by atoms with Gasteiger partial charge in [-0.3, -0.25) is 24.2 Å². The molecule has 2 aromatic carbocycles. The minimum atomic E-state index is -1.27. The molecule has 16 nitrogen and oxygen atoms in total. The fourth-order valence-corrected chi connectivity index (χ4v) is 3.93. The van der Waals surface area contributed by atoms with Crippen LogP contribution in [0.1, 0.15) is 30.9 Å². The van der Waals surface area contributed by atoms with E-state index < -0.39 is 66.9 Å². The number of alkyl carbamates (subject to hydrolysis) is 1. The van der Waals surface area contributed by atoms with Crippen LogP contribution >= 0.6 is 0 Å². The number of aliphatic imine (C=N–C) groups is 1. The highest BCUT2D eigenvalue weighted by Gasteiger charge is 2.24. The van der Waals surface area contributed by atoms with Crippen LogP contribution in [-0.4, -0.2) is 84.5 Å². The fourth-order valence-electron chi connectivity index (χ4n) is 3.93. The van der Waals surface area contributed by atoms with Gasteiger partial charge in [-0.05, 0) is 30.9 Å². The van der Waals surface area contributed by atoms with Gasteiger partial charge in [-0.2, -0.15) is 0 Å². The van der Waals surface area contributed by atoms with Gasteiger partial charge < -0.3 is 47.9 Å². The summed E-state index contributed by atoms with van der Waals surface area (Å²) in [6.45, 7) is 0.529. The van der Waals surface area contributed by atoms with Crippen LogP contribution in [0, 0.1) is 0 Å². The number of hydrogen-bond acceptors (Lipinski definition) is 8. The first-order chi connectivity index (χ1) is 21.9. The van der Waals surface area contributed by atoms with Crippen molar-refractivity contribution in [1.82, 2.24) is 26.6 Å². The zero-order valence-corrected chi connectivity index (χ0v) is 25.4. The molecule has 0 bridgehead atoms. The molecule has 46 heavy (non-hydrogen) atoms. The first kappa shape index (κ1) is 36.5. The van der Waals surface area contributed by atoms with Crippen LogP contribution in [-0.2, 0) is 41.7 Å². The molecule has 16 heteroatoms. The van der Waals surface area contributed by atoms with Crippen molar-refractivity contribution in [2.75, 3.05) is 19.6 Å². The number of rotatable bonds is 18. The highest BCUT2D eigenvalue weighted by Crippen LogP contribution is 2.04. The van der Waals surface area contributed by atoms with E-state index in [1.54, 1.807) is 54.6 Å². The number of carboxylic acid groups (broad SMARTS) is 1. The third-order valence-electron chi connectivity index (χ3n) is 6.30. The molecule has 3 atom stereocenters. The summed E-state index contributed by atoms with van der Waals surface area (Å²) in [7, 11) is 0. The quantitative estimate of drug-likeness (QED) is 0.0553. The standard InChI is InChI=1S/C30H40N8O8/c1-19(36-30(45)46-18-21-11-6-3-7-12-21)26(41)34-16-25(40)38-23(15-20-9-4-2-5-10-20)27(42)35-17-24(39)37-22(28(43)44)13-8-14-33-29(31)32/h2-7,9-12,19,22-23H,8,13-18H2,1H3,(H,34,41)(H,35,42)(H,36,45)(H,37,39)(H,38,40)(H,43,44)(H4,31,32,33). The number of carboxylic acids is 1. The van der Waals surface area contributed by atoms with E-state index in [1.165, 1.54) is 6.92 Å². The van der Waals surface area contributed by atoms with Gasteiger partial charge in [0.15, 0.2) is 5.96 Å². The third-order valence-corrected chi connectivity index (χ3v) is 6.30. The van der Waals surface area contributed by atoms with Crippen LogP contribution in [0.15, 0.2) is 65.7 Å². The normalized spacial score (nSPS) is 12.3.